The summed E-state index contributed by atoms with van der Waals surface area (Å²) < 4.78 is 0. The molecular formula is C10H10BrN. The SMILES string of the molecule is C=C(C)C1=CC(C#N)=CC(Br)C1. The molecule has 2 heteroatoms. The largest absolute Gasteiger partial charge is 0.192 e. The van der Waals surface area contributed by atoms with E-state index in [1.807, 2.05) is 19.1 Å². The van der Waals surface area contributed by atoms with Crippen molar-refractivity contribution in [2.45, 2.75) is 18.2 Å². The summed E-state index contributed by atoms with van der Waals surface area (Å²) in [5.41, 5.74) is 2.93. The van der Waals surface area contributed by atoms with Crippen LogP contribution in [0.3, 0.4) is 0 Å². The van der Waals surface area contributed by atoms with Gasteiger partial charge < -0.3 is 0 Å². The Morgan fingerprint density at radius 2 is 2.50 bits per heavy atom. The maximum absolute atomic E-state index is 8.69. The van der Waals surface area contributed by atoms with Gasteiger partial charge in [0.05, 0.1) is 6.07 Å². The average Bonchev–Trinajstić information content (AvgIpc) is 2.03. The molecule has 0 fully saturated rings. The van der Waals surface area contributed by atoms with E-state index >= 15 is 0 Å². The lowest BCUT2D eigenvalue weighted by molar-refractivity contribution is 0.992. The molecule has 1 aliphatic carbocycles. The molecule has 0 heterocycles. The Balaban J connectivity index is 2.94. The highest BCUT2D eigenvalue weighted by Crippen LogP contribution is 2.26. The second-order valence-electron chi connectivity index (χ2n) is 2.90. The van der Waals surface area contributed by atoms with Crippen molar-refractivity contribution in [3.63, 3.8) is 0 Å². The quantitative estimate of drug-likeness (QED) is 0.628. The number of allylic oxidation sites excluding steroid dienone is 5. The molecule has 1 atom stereocenters. The van der Waals surface area contributed by atoms with Crippen LogP contribution in [-0.2, 0) is 0 Å². The van der Waals surface area contributed by atoms with Crippen LogP contribution in [0.5, 0.6) is 0 Å². The van der Waals surface area contributed by atoms with Crippen molar-refractivity contribution in [2.24, 2.45) is 0 Å². The van der Waals surface area contributed by atoms with Crippen LogP contribution in [0.1, 0.15) is 13.3 Å². The molecule has 1 aliphatic rings. The first-order valence-corrected chi connectivity index (χ1v) is 4.67. The van der Waals surface area contributed by atoms with Gasteiger partial charge in [0.25, 0.3) is 0 Å². The van der Waals surface area contributed by atoms with E-state index in [-0.39, 0.29) is 4.83 Å². The van der Waals surface area contributed by atoms with E-state index in [9.17, 15) is 0 Å². The van der Waals surface area contributed by atoms with Crippen LogP contribution in [0.2, 0.25) is 0 Å². The van der Waals surface area contributed by atoms with E-state index in [4.69, 9.17) is 5.26 Å². The van der Waals surface area contributed by atoms with E-state index in [0.717, 1.165) is 23.1 Å². The number of hydrogen-bond donors (Lipinski definition) is 0. The maximum atomic E-state index is 8.69. The molecule has 0 aromatic heterocycles. The number of halogens is 1. The molecule has 1 unspecified atom stereocenters. The highest BCUT2D eigenvalue weighted by Gasteiger charge is 2.12. The van der Waals surface area contributed by atoms with Crippen LogP contribution >= 0.6 is 15.9 Å². The Bertz CT molecular complexity index is 304. The fourth-order valence-corrected chi connectivity index (χ4v) is 1.76. The van der Waals surface area contributed by atoms with Gasteiger partial charge in [-0.1, -0.05) is 34.2 Å². The van der Waals surface area contributed by atoms with Crippen molar-refractivity contribution < 1.29 is 0 Å². The first-order chi connectivity index (χ1) is 5.63. The molecule has 0 aliphatic heterocycles. The number of hydrogen-bond acceptors (Lipinski definition) is 1. The van der Waals surface area contributed by atoms with E-state index < -0.39 is 0 Å². The van der Waals surface area contributed by atoms with Crippen LogP contribution in [-0.4, -0.2) is 4.83 Å². The van der Waals surface area contributed by atoms with Crippen molar-refractivity contribution in [1.82, 2.24) is 0 Å². The number of alkyl halides is 1. The average molecular weight is 224 g/mol. The predicted octanol–water partition coefficient (Wildman–Crippen LogP) is 3.11. The van der Waals surface area contributed by atoms with Crippen LogP contribution in [0, 0.1) is 11.3 Å². The van der Waals surface area contributed by atoms with Crippen LogP contribution in [0.15, 0.2) is 35.5 Å². The molecule has 0 aromatic rings. The second-order valence-corrected chi connectivity index (χ2v) is 4.08. The molecule has 1 rings (SSSR count). The molecule has 0 saturated carbocycles. The number of nitrogens with zero attached hydrogens (tertiary/aromatic N) is 1. The van der Waals surface area contributed by atoms with Gasteiger partial charge in [-0.3, -0.25) is 0 Å². The van der Waals surface area contributed by atoms with E-state index in [1.54, 1.807) is 0 Å². The smallest absolute Gasteiger partial charge is 0.0988 e. The van der Waals surface area contributed by atoms with Gasteiger partial charge in [-0.2, -0.15) is 5.26 Å². The molecule has 0 radical (unpaired) electrons. The first kappa shape index (κ1) is 9.28. The van der Waals surface area contributed by atoms with Crippen molar-refractivity contribution in [1.29, 1.82) is 5.26 Å². The lowest BCUT2D eigenvalue weighted by Gasteiger charge is -2.14. The molecular weight excluding hydrogens is 214 g/mol. The maximum Gasteiger partial charge on any atom is 0.0988 e. The zero-order valence-electron chi connectivity index (χ0n) is 6.97. The van der Waals surface area contributed by atoms with E-state index in [1.165, 1.54) is 0 Å². The zero-order chi connectivity index (χ0) is 9.14. The van der Waals surface area contributed by atoms with Crippen LogP contribution in [0.25, 0.3) is 0 Å². The van der Waals surface area contributed by atoms with Gasteiger partial charge in [-0.05, 0) is 25.0 Å². The topological polar surface area (TPSA) is 23.8 Å². The summed E-state index contributed by atoms with van der Waals surface area (Å²) in [5, 5.41) is 8.69. The number of rotatable bonds is 1. The summed E-state index contributed by atoms with van der Waals surface area (Å²) in [6, 6.07) is 2.13. The lowest BCUT2D eigenvalue weighted by atomic mass is 9.96. The third kappa shape index (κ3) is 2.09. The van der Waals surface area contributed by atoms with Gasteiger partial charge in [0, 0.05) is 10.4 Å². The number of nitriles is 1. The highest BCUT2D eigenvalue weighted by molar-refractivity contribution is 9.09. The standard InChI is InChI=1S/C10H10BrN/c1-7(2)9-3-8(6-12)4-10(11)5-9/h3-4,10H,1,5H2,2H3. The normalized spacial score (nSPS) is 22.2. The van der Waals surface area contributed by atoms with Gasteiger partial charge in [-0.15, -0.1) is 0 Å². The lowest BCUT2D eigenvalue weighted by Crippen LogP contribution is -2.03. The summed E-state index contributed by atoms with van der Waals surface area (Å²) in [6.45, 7) is 5.82. The summed E-state index contributed by atoms with van der Waals surface area (Å²) in [7, 11) is 0. The van der Waals surface area contributed by atoms with Gasteiger partial charge >= 0.3 is 0 Å². The third-order valence-corrected chi connectivity index (χ3v) is 2.37. The van der Waals surface area contributed by atoms with E-state index in [2.05, 4.69) is 28.6 Å². The molecule has 0 amide bonds. The van der Waals surface area contributed by atoms with Crippen molar-refractivity contribution in [2.75, 3.05) is 0 Å². The molecule has 0 saturated heterocycles. The Labute approximate surface area is 81.2 Å². The summed E-state index contributed by atoms with van der Waals surface area (Å²) >= 11 is 3.47. The fourth-order valence-electron chi connectivity index (χ4n) is 1.13. The summed E-state index contributed by atoms with van der Waals surface area (Å²) in [4.78, 5) is 0.281. The zero-order valence-corrected chi connectivity index (χ0v) is 8.56. The third-order valence-electron chi connectivity index (χ3n) is 1.78. The van der Waals surface area contributed by atoms with Crippen molar-refractivity contribution >= 4 is 15.9 Å². The summed E-state index contributed by atoms with van der Waals surface area (Å²) in [5.74, 6) is 0. The van der Waals surface area contributed by atoms with E-state index in [0.29, 0.717) is 0 Å². The molecule has 1 nitrogen and oxygen atoms in total. The fraction of sp³-hybridized carbons (Fsp3) is 0.300. The molecule has 62 valence electrons. The minimum absolute atomic E-state index is 0.281. The van der Waals surface area contributed by atoms with Gasteiger partial charge in [0.1, 0.15) is 0 Å². The van der Waals surface area contributed by atoms with Crippen molar-refractivity contribution in [3.8, 4) is 6.07 Å². The molecule has 12 heavy (non-hydrogen) atoms. The molecule has 0 aromatic carbocycles. The van der Waals surface area contributed by atoms with Crippen LogP contribution < -0.4 is 0 Å². The predicted molar refractivity (Wildman–Crippen MR) is 53.9 cm³/mol. The molecule has 0 N–H and O–H groups in total. The summed E-state index contributed by atoms with van der Waals surface area (Å²) in [6.07, 6.45) is 4.76. The van der Waals surface area contributed by atoms with Gasteiger partial charge in [-0.25, -0.2) is 0 Å². The molecule has 0 bridgehead atoms. The Morgan fingerprint density at radius 1 is 1.83 bits per heavy atom. The Kier molecular flexibility index (Phi) is 2.88. The Morgan fingerprint density at radius 3 is 3.00 bits per heavy atom. The second kappa shape index (κ2) is 3.73. The van der Waals surface area contributed by atoms with Crippen molar-refractivity contribution in [3.05, 3.63) is 35.5 Å². The van der Waals surface area contributed by atoms with Gasteiger partial charge in [0.2, 0.25) is 0 Å². The van der Waals surface area contributed by atoms with Gasteiger partial charge in [0.15, 0.2) is 0 Å². The minimum atomic E-state index is 0.281. The first-order valence-electron chi connectivity index (χ1n) is 3.76. The Hall–Kier alpha value is -0.810. The minimum Gasteiger partial charge on any atom is -0.192 e. The highest BCUT2D eigenvalue weighted by atomic mass is 79.9. The monoisotopic (exact) mass is 223 g/mol. The molecule has 0 spiro atoms. The van der Waals surface area contributed by atoms with Crippen LogP contribution in [0.4, 0.5) is 0 Å².